The number of hydrogen-bond acceptors (Lipinski definition) is 5. The number of carbonyl (C=O) groups is 1. The topological polar surface area (TPSA) is 86.7 Å². The van der Waals surface area contributed by atoms with Crippen molar-refractivity contribution in [3.8, 4) is 0 Å². The van der Waals surface area contributed by atoms with Crippen molar-refractivity contribution >= 4 is 26.8 Å². The van der Waals surface area contributed by atoms with Gasteiger partial charge in [-0.05, 0) is 30.0 Å². The van der Waals surface area contributed by atoms with Crippen LogP contribution in [0, 0.1) is 12.1 Å². The zero-order valence-corrected chi connectivity index (χ0v) is 14.1. The number of nitrogens with zero attached hydrogens (tertiary/aromatic N) is 1. The molecule has 3 rings (SSSR count). The maximum absolute atomic E-state index is 12.5. The molecule has 0 saturated carbocycles. The van der Waals surface area contributed by atoms with Crippen molar-refractivity contribution in [1.82, 2.24) is 5.23 Å². The number of fused-ring (bicyclic) bond motifs is 1. The van der Waals surface area contributed by atoms with Crippen molar-refractivity contribution in [3.05, 3.63) is 83.1 Å². The Morgan fingerprint density at radius 1 is 0.960 bits per heavy atom. The second-order valence-electron chi connectivity index (χ2n) is 5.38. The lowest BCUT2D eigenvalue weighted by atomic mass is 10.1. The minimum atomic E-state index is -4.46. The first-order valence-electron chi connectivity index (χ1n) is 7.40. The van der Waals surface area contributed by atoms with Gasteiger partial charge in [0.05, 0.1) is 0 Å². The van der Waals surface area contributed by atoms with Crippen LogP contribution in [0.4, 0.5) is 0 Å². The van der Waals surface area contributed by atoms with E-state index < -0.39 is 21.3 Å². The lowest BCUT2D eigenvalue weighted by molar-refractivity contribution is 0.00648. The summed E-state index contributed by atoms with van der Waals surface area (Å²) in [5.74, 6) is -1.08. The highest BCUT2D eigenvalue weighted by molar-refractivity contribution is 7.87. The average molecular weight is 356 g/mol. The maximum atomic E-state index is 12.5. The third-order valence-electron chi connectivity index (χ3n) is 3.73. The lowest BCUT2D eigenvalue weighted by Crippen LogP contribution is -2.29. The Hall–Kier alpha value is -2.74. The summed E-state index contributed by atoms with van der Waals surface area (Å²) < 4.78 is 29.4. The van der Waals surface area contributed by atoms with Crippen molar-refractivity contribution < 1.29 is 17.5 Å². The number of aryl methyl sites for hydroxylation is 1. The Morgan fingerprint density at radius 3 is 2.36 bits per heavy atom. The van der Waals surface area contributed by atoms with Crippen molar-refractivity contribution in [1.29, 1.82) is 0 Å². The lowest BCUT2D eigenvalue weighted by Gasteiger charge is -2.26. The molecule has 0 saturated heterocycles. The van der Waals surface area contributed by atoms with E-state index in [9.17, 15) is 18.4 Å². The molecule has 1 amide bonds. The molecular weight excluding hydrogens is 342 g/mol. The zero-order chi connectivity index (χ0) is 18.0. The van der Waals surface area contributed by atoms with Gasteiger partial charge in [0, 0.05) is 10.9 Å². The highest BCUT2D eigenvalue weighted by atomic mass is 32.2. The van der Waals surface area contributed by atoms with Crippen LogP contribution in [0.25, 0.3) is 10.8 Å². The third kappa shape index (κ3) is 3.39. The van der Waals surface area contributed by atoms with E-state index in [2.05, 4.69) is 4.28 Å². The standard InChI is InChI=1S/C18H14NO5S/c1-13-7-2-4-10-15(13)18(20)19(21)24-25(22,23)17-12-6-9-14-8-3-5-11-16(14)17/h2-12H,1H3/q-1. The minimum absolute atomic E-state index is 0.0746. The van der Waals surface area contributed by atoms with Crippen LogP contribution in [0.1, 0.15) is 15.9 Å². The Morgan fingerprint density at radius 2 is 1.60 bits per heavy atom. The van der Waals surface area contributed by atoms with Crippen molar-refractivity contribution in [2.24, 2.45) is 0 Å². The molecule has 0 atom stereocenters. The number of rotatable bonds is 4. The second kappa shape index (κ2) is 6.64. The largest absolute Gasteiger partial charge is 0.730 e. The van der Waals surface area contributed by atoms with Crippen molar-refractivity contribution in [2.45, 2.75) is 11.8 Å². The van der Waals surface area contributed by atoms with E-state index >= 15 is 0 Å². The molecule has 7 heteroatoms. The average Bonchev–Trinajstić information content (AvgIpc) is 2.60. The van der Waals surface area contributed by atoms with Crippen LogP contribution < -0.4 is 0 Å². The summed E-state index contributed by atoms with van der Waals surface area (Å²) in [5.41, 5.74) is 0.616. The van der Waals surface area contributed by atoms with E-state index in [0.717, 1.165) is 0 Å². The molecule has 0 N–H and O–H groups in total. The summed E-state index contributed by atoms with van der Waals surface area (Å²) in [6, 6.07) is 17.7. The van der Waals surface area contributed by atoms with Gasteiger partial charge in [0.2, 0.25) is 0 Å². The second-order valence-corrected chi connectivity index (χ2v) is 6.88. The van der Waals surface area contributed by atoms with Gasteiger partial charge in [-0.2, -0.15) is 12.7 Å². The summed E-state index contributed by atoms with van der Waals surface area (Å²) in [5, 5.41) is 12.6. The Balaban J connectivity index is 1.93. The molecule has 0 aliphatic heterocycles. The van der Waals surface area contributed by atoms with Gasteiger partial charge in [0.1, 0.15) is 4.90 Å². The predicted molar refractivity (Wildman–Crippen MR) is 92.9 cm³/mol. The van der Waals surface area contributed by atoms with Crippen LogP contribution in [0.3, 0.4) is 0 Å². The van der Waals surface area contributed by atoms with Gasteiger partial charge in [-0.1, -0.05) is 54.6 Å². The molecule has 0 spiro atoms. The molecule has 0 aliphatic carbocycles. The molecule has 3 aromatic rings. The molecular formula is C18H14NO5S-. The van der Waals surface area contributed by atoms with Crippen molar-refractivity contribution in [2.75, 3.05) is 0 Å². The molecule has 0 radical (unpaired) electrons. The summed E-state index contributed by atoms with van der Waals surface area (Å²) in [4.78, 5) is 12.0. The van der Waals surface area contributed by atoms with Gasteiger partial charge in [0.15, 0.2) is 0 Å². The number of benzene rings is 3. The first kappa shape index (κ1) is 17.1. The van der Waals surface area contributed by atoms with Crippen LogP contribution in [0.5, 0.6) is 0 Å². The third-order valence-corrected chi connectivity index (χ3v) is 4.95. The van der Waals surface area contributed by atoms with Gasteiger partial charge < -0.3 is 5.21 Å². The molecule has 0 aliphatic rings. The summed E-state index contributed by atoms with van der Waals surface area (Å²) in [6.07, 6.45) is 0. The quantitative estimate of drug-likeness (QED) is 0.669. The Labute approximate surface area is 144 Å². The molecule has 0 heterocycles. The monoisotopic (exact) mass is 356 g/mol. The Bertz CT molecular complexity index is 1040. The van der Waals surface area contributed by atoms with E-state index in [1.165, 1.54) is 18.2 Å². The number of hydrogen-bond donors (Lipinski definition) is 0. The van der Waals surface area contributed by atoms with Crippen molar-refractivity contribution in [3.63, 3.8) is 0 Å². The Kier molecular flexibility index (Phi) is 4.54. The summed E-state index contributed by atoms with van der Waals surface area (Å²) in [6.45, 7) is 1.64. The van der Waals surface area contributed by atoms with Crippen LogP contribution in [0.15, 0.2) is 71.6 Å². The molecule has 3 aromatic carbocycles. The van der Waals surface area contributed by atoms with Gasteiger partial charge >= 0.3 is 10.1 Å². The minimum Gasteiger partial charge on any atom is -0.730 e. The van der Waals surface area contributed by atoms with Gasteiger partial charge in [-0.25, -0.2) is 0 Å². The normalized spacial score (nSPS) is 11.4. The van der Waals surface area contributed by atoms with E-state index in [1.54, 1.807) is 55.5 Å². The van der Waals surface area contributed by atoms with E-state index in [0.29, 0.717) is 16.3 Å². The highest BCUT2D eigenvalue weighted by Gasteiger charge is 2.22. The molecule has 6 nitrogen and oxygen atoms in total. The molecule has 0 fully saturated rings. The molecule has 0 aromatic heterocycles. The van der Waals surface area contributed by atoms with Crippen LogP contribution in [-0.2, 0) is 14.4 Å². The van der Waals surface area contributed by atoms with E-state index in [4.69, 9.17) is 0 Å². The van der Waals surface area contributed by atoms with E-state index in [1.807, 2.05) is 0 Å². The smallest absolute Gasteiger partial charge is 0.317 e. The number of hydroxylamine groups is 2. The fraction of sp³-hybridized carbons (Fsp3) is 0.0556. The van der Waals surface area contributed by atoms with Crippen LogP contribution in [-0.4, -0.2) is 19.6 Å². The number of amides is 1. The fourth-order valence-corrected chi connectivity index (χ4v) is 3.51. The number of carbonyl (C=O) groups excluding carboxylic acids is 1. The maximum Gasteiger partial charge on any atom is 0.317 e. The first-order valence-corrected chi connectivity index (χ1v) is 8.80. The van der Waals surface area contributed by atoms with Gasteiger partial charge in [-0.3, -0.25) is 10.0 Å². The SMILES string of the molecule is Cc1ccccc1C(=O)N([O-])OS(=O)(=O)c1cccc2ccccc12. The van der Waals surface area contributed by atoms with Gasteiger partial charge in [0.25, 0.3) is 5.91 Å². The molecule has 0 unspecified atom stereocenters. The first-order chi connectivity index (χ1) is 11.9. The zero-order valence-electron chi connectivity index (χ0n) is 13.2. The van der Waals surface area contributed by atoms with Gasteiger partial charge in [-0.15, -0.1) is 0 Å². The van der Waals surface area contributed by atoms with Crippen LogP contribution in [0.2, 0.25) is 0 Å². The van der Waals surface area contributed by atoms with Crippen LogP contribution >= 0.6 is 0 Å². The highest BCUT2D eigenvalue weighted by Crippen LogP contribution is 2.25. The molecule has 25 heavy (non-hydrogen) atoms. The van der Waals surface area contributed by atoms with E-state index in [-0.39, 0.29) is 10.5 Å². The molecule has 128 valence electrons. The summed E-state index contributed by atoms with van der Waals surface area (Å²) in [7, 11) is -4.46. The fourth-order valence-electron chi connectivity index (χ4n) is 2.49. The summed E-state index contributed by atoms with van der Waals surface area (Å²) >= 11 is 0. The molecule has 0 bridgehead atoms. The predicted octanol–water partition coefficient (Wildman–Crippen LogP) is 3.41.